The molecule has 0 saturated carbocycles. The average molecular weight is 485 g/mol. The minimum atomic E-state index is -8.02. The fraction of sp³-hybridized carbons (Fsp3) is 0.889. The van der Waals surface area contributed by atoms with E-state index in [-0.39, 0.29) is 0 Å². The van der Waals surface area contributed by atoms with Gasteiger partial charge in [-0.15, -0.1) is 0 Å². The van der Waals surface area contributed by atoms with Gasteiger partial charge in [0.25, 0.3) is 0 Å². The first kappa shape index (κ1) is 22.9. The molecule has 154 valence electrons. The van der Waals surface area contributed by atoms with Gasteiger partial charge in [0.15, 0.2) is 0 Å². The fourth-order valence-electron chi connectivity index (χ4n) is 1.54. The molecule has 0 aliphatic carbocycles. The lowest BCUT2D eigenvalue weighted by Gasteiger charge is -2.40. The second kappa shape index (κ2) is 5.92. The summed E-state index contributed by atoms with van der Waals surface area (Å²) in [5.74, 6) is -37.9. The highest BCUT2D eigenvalue weighted by Gasteiger charge is 2.92. The zero-order chi connectivity index (χ0) is 21.1. The number of cyclic esters (lactones) is 2. The summed E-state index contributed by atoms with van der Waals surface area (Å²) in [5, 5.41) is -2.64. The van der Waals surface area contributed by atoms with E-state index in [2.05, 4.69) is 9.47 Å². The third-order valence-corrected chi connectivity index (χ3v) is 3.65. The van der Waals surface area contributed by atoms with Crippen LogP contribution in [0.2, 0.25) is 0 Å². The quantitative estimate of drug-likeness (QED) is 0.313. The van der Waals surface area contributed by atoms with Gasteiger partial charge in [0.05, 0.1) is 0 Å². The van der Waals surface area contributed by atoms with Gasteiger partial charge in [0, 0.05) is 0 Å². The molecule has 0 radical (unpaired) electrons. The fourth-order valence-corrected chi connectivity index (χ4v) is 2.13. The predicted molar refractivity (Wildman–Crippen MR) is 54.9 cm³/mol. The number of alkyl halides is 14. The summed E-state index contributed by atoms with van der Waals surface area (Å²) >= 11 is 1.92. The third-order valence-electron chi connectivity index (χ3n) is 2.99. The summed E-state index contributed by atoms with van der Waals surface area (Å²) in [4.78, 5) is 10.5. The Morgan fingerprint density at radius 3 is 1.35 bits per heavy atom. The van der Waals surface area contributed by atoms with Crippen molar-refractivity contribution in [3.8, 4) is 0 Å². The van der Waals surface area contributed by atoms with E-state index in [1.165, 1.54) is 0 Å². The maximum absolute atomic E-state index is 13.6. The number of carbonyl (C=O) groups excluding carboxylic acids is 1. The number of ether oxygens (including phenoxy) is 2. The van der Waals surface area contributed by atoms with Crippen LogP contribution in [0.4, 0.5) is 61.9 Å². The highest BCUT2D eigenvalue weighted by Crippen LogP contribution is 2.61. The van der Waals surface area contributed by atoms with Crippen molar-refractivity contribution in [3.63, 3.8) is 0 Å². The Hall–Kier alpha value is -1.16. The molecule has 0 spiro atoms. The van der Waals surface area contributed by atoms with Crippen molar-refractivity contribution < 1.29 is 71.3 Å². The molecule has 0 amide bonds. The topological polar surface area (TPSA) is 35.5 Å². The second-order valence-electron chi connectivity index (χ2n) is 4.68. The monoisotopic (exact) mass is 484 g/mol. The molecule has 17 heteroatoms. The van der Waals surface area contributed by atoms with E-state index in [1.54, 1.807) is 0 Å². The lowest BCUT2D eigenvalue weighted by atomic mass is 9.91. The van der Waals surface area contributed by atoms with Crippen LogP contribution >= 0.6 is 15.9 Å². The van der Waals surface area contributed by atoms with E-state index in [4.69, 9.17) is 0 Å². The van der Waals surface area contributed by atoms with Crippen molar-refractivity contribution in [3.05, 3.63) is 0 Å². The summed E-state index contributed by atoms with van der Waals surface area (Å²) in [5.41, 5.74) is 0. The van der Waals surface area contributed by atoms with Crippen LogP contribution in [0.3, 0.4) is 0 Å². The zero-order valence-corrected chi connectivity index (χ0v) is 12.8. The minimum absolute atomic E-state index is 1.92. The number of carbonyl (C=O) groups is 1. The molecule has 0 aromatic carbocycles. The second-order valence-corrected chi connectivity index (χ2v) is 5.58. The standard InChI is InChI=1S/C9H2BrF13O3/c10-2-1(25-3(24)26-2)4(11,12)5(13,14)6(15,16)7(17,18)8(19,20)9(21,22)23/h1-2H. The van der Waals surface area contributed by atoms with Gasteiger partial charge < -0.3 is 9.47 Å². The molecule has 1 aliphatic heterocycles. The Morgan fingerprint density at radius 2 is 1.04 bits per heavy atom. The van der Waals surface area contributed by atoms with Gasteiger partial charge >= 0.3 is 41.9 Å². The molecular formula is C9H2BrF13O3. The molecule has 1 saturated heterocycles. The van der Waals surface area contributed by atoms with Crippen molar-refractivity contribution in [1.82, 2.24) is 0 Å². The number of rotatable bonds is 5. The van der Waals surface area contributed by atoms with Crippen molar-refractivity contribution in [2.24, 2.45) is 0 Å². The Morgan fingerprint density at radius 1 is 0.654 bits per heavy atom. The predicted octanol–water partition coefficient (Wildman–Crippen LogP) is 4.98. The number of hydrogen-bond donors (Lipinski definition) is 0. The Kier molecular flexibility index (Phi) is 5.21. The molecular weight excluding hydrogens is 483 g/mol. The SMILES string of the molecule is O=C1OC(Br)C(C(F)(F)C(F)(F)C(F)(F)C(F)(F)C(F)(F)C(F)(F)F)O1. The van der Waals surface area contributed by atoms with Crippen molar-refractivity contribution in [1.29, 1.82) is 0 Å². The summed E-state index contributed by atoms with van der Waals surface area (Å²) in [6.07, 6.45) is -13.4. The summed E-state index contributed by atoms with van der Waals surface area (Å²) < 4.78 is 174. The van der Waals surface area contributed by atoms with Crippen molar-refractivity contribution in [2.45, 2.75) is 46.9 Å². The molecule has 2 unspecified atom stereocenters. The van der Waals surface area contributed by atoms with Gasteiger partial charge in [-0.3, -0.25) is 0 Å². The van der Waals surface area contributed by atoms with Crippen LogP contribution in [0.25, 0.3) is 0 Å². The van der Waals surface area contributed by atoms with Gasteiger partial charge in [-0.2, -0.15) is 57.1 Å². The van der Waals surface area contributed by atoms with Crippen molar-refractivity contribution in [2.75, 3.05) is 0 Å². The van der Waals surface area contributed by atoms with Crippen LogP contribution < -0.4 is 0 Å². The lowest BCUT2D eigenvalue weighted by molar-refractivity contribution is -0.443. The van der Waals surface area contributed by atoms with Gasteiger partial charge in [-0.05, 0) is 15.9 Å². The maximum atomic E-state index is 13.6. The highest BCUT2D eigenvalue weighted by atomic mass is 79.9. The van der Waals surface area contributed by atoms with Crippen LogP contribution in [0.5, 0.6) is 0 Å². The molecule has 1 fully saturated rings. The molecule has 1 aliphatic rings. The molecule has 2 atom stereocenters. The van der Waals surface area contributed by atoms with Gasteiger partial charge in [0.1, 0.15) is 0 Å². The minimum Gasteiger partial charge on any atom is -0.419 e. The first-order chi connectivity index (χ1) is 11.2. The first-order valence-corrected chi connectivity index (χ1v) is 6.55. The molecule has 1 heterocycles. The molecule has 0 aromatic rings. The normalized spacial score (nSPS) is 23.7. The van der Waals surface area contributed by atoms with E-state index >= 15 is 0 Å². The molecule has 26 heavy (non-hydrogen) atoms. The summed E-state index contributed by atoms with van der Waals surface area (Å²) in [6.45, 7) is 0. The number of hydrogen-bond acceptors (Lipinski definition) is 3. The molecule has 1 rings (SSSR count). The van der Waals surface area contributed by atoms with Crippen LogP contribution in [0, 0.1) is 0 Å². The first-order valence-electron chi connectivity index (χ1n) is 5.63. The van der Waals surface area contributed by atoms with E-state index in [0.717, 1.165) is 0 Å². The van der Waals surface area contributed by atoms with Gasteiger partial charge in [-0.25, -0.2) is 4.79 Å². The van der Waals surface area contributed by atoms with Crippen LogP contribution in [-0.4, -0.2) is 53.1 Å². The average Bonchev–Trinajstić information content (AvgIpc) is 2.76. The summed E-state index contributed by atoms with van der Waals surface area (Å²) in [7, 11) is 0. The Labute approximate surface area is 141 Å². The van der Waals surface area contributed by atoms with Crippen LogP contribution in [0.15, 0.2) is 0 Å². The van der Waals surface area contributed by atoms with E-state index in [1.807, 2.05) is 15.9 Å². The Balaban J connectivity index is 3.46. The maximum Gasteiger partial charge on any atom is 0.510 e. The number of halogens is 14. The zero-order valence-electron chi connectivity index (χ0n) is 11.2. The summed E-state index contributed by atoms with van der Waals surface area (Å²) in [6, 6.07) is 0. The van der Waals surface area contributed by atoms with E-state index in [0.29, 0.717) is 0 Å². The van der Waals surface area contributed by atoms with Gasteiger partial charge in [-0.1, -0.05) is 0 Å². The molecule has 0 N–H and O–H groups in total. The molecule has 0 aromatic heterocycles. The molecule has 0 bridgehead atoms. The highest BCUT2D eigenvalue weighted by molar-refractivity contribution is 9.09. The van der Waals surface area contributed by atoms with E-state index < -0.39 is 53.1 Å². The van der Waals surface area contributed by atoms with Crippen LogP contribution in [-0.2, 0) is 9.47 Å². The Bertz CT molecular complexity index is 572. The third kappa shape index (κ3) is 2.85. The smallest absolute Gasteiger partial charge is 0.419 e. The lowest BCUT2D eigenvalue weighted by Crippen LogP contribution is -2.72. The van der Waals surface area contributed by atoms with E-state index in [9.17, 15) is 61.9 Å². The van der Waals surface area contributed by atoms with Crippen molar-refractivity contribution >= 4 is 22.1 Å². The van der Waals surface area contributed by atoms with Gasteiger partial charge in [0.2, 0.25) is 11.1 Å². The van der Waals surface area contributed by atoms with Crippen LogP contribution in [0.1, 0.15) is 0 Å². The largest absolute Gasteiger partial charge is 0.510 e. The molecule has 3 nitrogen and oxygen atoms in total.